The zero-order valence-electron chi connectivity index (χ0n) is 11.1. The molecule has 1 heterocycles. The molecule has 1 aliphatic heterocycles. The van der Waals surface area contributed by atoms with E-state index in [1.165, 1.54) is 7.11 Å². The largest absolute Gasteiger partial charge is 0.496 e. The summed E-state index contributed by atoms with van der Waals surface area (Å²) < 4.78 is 20.2. The molecule has 20 heavy (non-hydrogen) atoms. The van der Waals surface area contributed by atoms with Gasteiger partial charge in [-0.2, -0.15) is 0 Å². The van der Waals surface area contributed by atoms with Crippen LogP contribution in [0.3, 0.4) is 0 Å². The van der Waals surface area contributed by atoms with Gasteiger partial charge in [0.2, 0.25) is 0 Å². The zero-order chi connectivity index (χ0) is 14.1. The van der Waals surface area contributed by atoms with Crippen LogP contribution < -0.4 is 10.1 Å². The molecule has 0 aromatic heterocycles. The lowest BCUT2D eigenvalue weighted by atomic mass is 9.98. The van der Waals surface area contributed by atoms with E-state index in [9.17, 15) is 4.39 Å². The Bertz CT molecular complexity index is 642. The quantitative estimate of drug-likeness (QED) is 0.906. The lowest BCUT2D eigenvalue weighted by molar-refractivity contribution is 0.364. The molecule has 1 atom stereocenters. The number of alkyl halides is 1. The number of benzene rings is 2. The Kier molecular flexibility index (Phi) is 3.53. The second kappa shape index (κ2) is 5.33. The maximum Gasteiger partial charge on any atom is 0.156 e. The summed E-state index contributed by atoms with van der Waals surface area (Å²) >= 11 is 5.98. The van der Waals surface area contributed by atoms with E-state index < -0.39 is 6.17 Å². The Morgan fingerprint density at radius 3 is 2.90 bits per heavy atom. The summed E-state index contributed by atoms with van der Waals surface area (Å²) in [6.45, 7) is 0.853. The third-order valence-corrected chi connectivity index (χ3v) is 3.85. The highest BCUT2D eigenvalue weighted by atomic mass is 35.5. The van der Waals surface area contributed by atoms with Gasteiger partial charge in [0.15, 0.2) is 6.17 Å². The normalized spacial score (nSPS) is 14.6. The minimum atomic E-state index is -1.26. The molecule has 0 amide bonds. The first kappa shape index (κ1) is 13.3. The van der Waals surface area contributed by atoms with Crippen molar-refractivity contribution in [3.63, 3.8) is 0 Å². The maximum atomic E-state index is 15.0. The van der Waals surface area contributed by atoms with E-state index in [0.29, 0.717) is 21.9 Å². The lowest BCUT2D eigenvalue weighted by Crippen LogP contribution is -2.02. The van der Waals surface area contributed by atoms with Gasteiger partial charge in [0, 0.05) is 28.4 Å². The van der Waals surface area contributed by atoms with Crippen molar-refractivity contribution in [3.05, 3.63) is 58.1 Å². The van der Waals surface area contributed by atoms with Gasteiger partial charge < -0.3 is 10.1 Å². The summed E-state index contributed by atoms with van der Waals surface area (Å²) in [7, 11) is 1.53. The SMILES string of the molecule is COc1ccc(Cl)cc1C(F)c1cccc2c1NCC2. The van der Waals surface area contributed by atoms with Crippen molar-refractivity contribution in [1.29, 1.82) is 0 Å². The van der Waals surface area contributed by atoms with Gasteiger partial charge in [-0.1, -0.05) is 29.8 Å². The monoisotopic (exact) mass is 291 g/mol. The fourth-order valence-electron chi connectivity index (χ4n) is 2.65. The van der Waals surface area contributed by atoms with Gasteiger partial charge in [-0.05, 0) is 30.2 Å². The van der Waals surface area contributed by atoms with E-state index in [1.54, 1.807) is 18.2 Å². The number of anilines is 1. The van der Waals surface area contributed by atoms with Crippen LogP contribution in [-0.2, 0) is 6.42 Å². The molecular weight excluding hydrogens is 277 g/mol. The van der Waals surface area contributed by atoms with Gasteiger partial charge >= 0.3 is 0 Å². The van der Waals surface area contributed by atoms with Gasteiger partial charge in [-0.15, -0.1) is 0 Å². The number of methoxy groups -OCH3 is 1. The highest BCUT2D eigenvalue weighted by Gasteiger charge is 2.24. The molecule has 0 radical (unpaired) electrons. The second-order valence-electron chi connectivity index (χ2n) is 4.81. The number of nitrogens with one attached hydrogen (secondary N) is 1. The smallest absolute Gasteiger partial charge is 0.156 e. The van der Waals surface area contributed by atoms with Crippen LogP contribution in [0, 0.1) is 0 Å². The van der Waals surface area contributed by atoms with E-state index >= 15 is 0 Å². The molecule has 1 N–H and O–H groups in total. The highest BCUT2D eigenvalue weighted by Crippen LogP contribution is 2.40. The molecular formula is C16H15ClFNO. The third kappa shape index (κ3) is 2.22. The first-order chi connectivity index (χ1) is 9.70. The van der Waals surface area contributed by atoms with Gasteiger partial charge in [-0.25, -0.2) is 4.39 Å². The number of rotatable bonds is 3. The molecule has 2 aromatic rings. The average molecular weight is 292 g/mol. The van der Waals surface area contributed by atoms with Crippen LogP contribution >= 0.6 is 11.6 Å². The van der Waals surface area contributed by atoms with E-state index in [0.717, 1.165) is 24.2 Å². The molecule has 0 saturated carbocycles. The summed E-state index contributed by atoms with van der Waals surface area (Å²) in [6, 6.07) is 10.7. The Labute approximate surface area is 122 Å². The predicted molar refractivity (Wildman–Crippen MR) is 79.6 cm³/mol. The van der Waals surface area contributed by atoms with Crippen LogP contribution in [0.2, 0.25) is 5.02 Å². The number of hydrogen-bond donors (Lipinski definition) is 1. The molecule has 0 fully saturated rings. The zero-order valence-corrected chi connectivity index (χ0v) is 11.9. The summed E-state index contributed by atoms with van der Waals surface area (Å²) in [5.41, 5.74) is 3.16. The molecule has 4 heteroatoms. The van der Waals surface area contributed by atoms with Crippen LogP contribution in [0.5, 0.6) is 5.75 Å². The number of hydrogen-bond acceptors (Lipinski definition) is 2. The molecule has 1 unspecified atom stereocenters. The van der Waals surface area contributed by atoms with Gasteiger partial charge in [0.25, 0.3) is 0 Å². The Balaban J connectivity index is 2.07. The predicted octanol–water partition coefficient (Wildman–Crippen LogP) is 4.38. The fourth-order valence-corrected chi connectivity index (χ4v) is 2.83. The molecule has 3 rings (SSSR count). The molecule has 0 aliphatic carbocycles. The van der Waals surface area contributed by atoms with Crippen LogP contribution in [0.4, 0.5) is 10.1 Å². The van der Waals surface area contributed by atoms with Crippen LogP contribution in [0.25, 0.3) is 0 Å². The van der Waals surface area contributed by atoms with Crippen LogP contribution in [0.15, 0.2) is 36.4 Å². The van der Waals surface area contributed by atoms with Crippen molar-refractivity contribution in [1.82, 2.24) is 0 Å². The van der Waals surface area contributed by atoms with E-state index in [1.807, 2.05) is 18.2 Å². The summed E-state index contributed by atoms with van der Waals surface area (Å²) in [6.07, 6.45) is -0.327. The van der Waals surface area contributed by atoms with Gasteiger partial charge in [0.1, 0.15) is 5.75 Å². The van der Waals surface area contributed by atoms with Crippen molar-refractivity contribution in [2.24, 2.45) is 0 Å². The second-order valence-corrected chi connectivity index (χ2v) is 5.24. The average Bonchev–Trinajstić information content (AvgIpc) is 2.94. The Morgan fingerprint density at radius 2 is 2.10 bits per heavy atom. The van der Waals surface area contributed by atoms with Gasteiger partial charge in [0.05, 0.1) is 7.11 Å². The number of halogens is 2. The van der Waals surface area contributed by atoms with Crippen LogP contribution in [0.1, 0.15) is 22.9 Å². The van der Waals surface area contributed by atoms with Crippen molar-refractivity contribution >= 4 is 17.3 Å². The first-order valence-corrected chi connectivity index (χ1v) is 6.91. The topological polar surface area (TPSA) is 21.3 Å². The van der Waals surface area contributed by atoms with Crippen molar-refractivity contribution in [2.45, 2.75) is 12.6 Å². The summed E-state index contributed by atoms with van der Waals surface area (Å²) in [5.74, 6) is 0.512. The van der Waals surface area contributed by atoms with Gasteiger partial charge in [-0.3, -0.25) is 0 Å². The Hall–Kier alpha value is -1.74. The standard InChI is InChI=1S/C16H15ClFNO/c1-20-14-6-5-11(17)9-13(14)15(18)12-4-2-3-10-7-8-19-16(10)12/h2-6,9,15,19H,7-8H2,1H3. The first-order valence-electron chi connectivity index (χ1n) is 6.54. The number of para-hydroxylation sites is 1. The number of ether oxygens (including phenoxy) is 1. The molecule has 0 spiro atoms. The molecule has 0 saturated heterocycles. The summed E-state index contributed by atoms with van der Waals surface area (Å²) in [5, 5.41) is 3.76. The summed E-state index contributed by atoms with van der Waals surface area (Å²) in [4.78, 5) is 0. The van der Waals surface area contributed by atoms with Crippen molar-refractivity contribution in [3.8, 4) is 5.75 Å². The molecule has 0 bridgehead atoms. The molecule has 2 nitrogen and oxygen atoms in total. The molecule has 104 valence electrons. The molecule has 2 aromatic carbocycles. The minimum Gasteiger partial charge on any atom is -0.496 e. The highest BCUT2D eigenvalue weighted by molar-refractivity contribution is 6.30. The fraction of sp³-hybridized carbons (Fsp3) is 0.250. The third-order valence-electron chi connectivity index (χ3n) is 3.62. The van der Waals surface area contributed by atoms with Crippen molar-refractivity contribution in [2.75, 3.05) is 19.0 Å². The maximum absolute atomic E-state index is 15.0. The lowest BCUT2D eigenvalue weighted by Gasteiger charge is -2.16. The van der Waals surface area contributed by atoms with E-state index in [4.69, 9.17) is 16.3 Å². The van der Waals surface area contributed by atoms with Crippen LogP contribution in [-0.4, -0.2) is 13.7 Å². The van der Waals surface area contributed by atoms with E-state index in [2.05, 4.69) is 5.32 Å². The molecule has 1 aliphatic rings. The minimum absolute atomic E-state index is 0.460. The number of fused-ring (bicyclic) bond motifs is 1. The van der Waals surface area contributed by atoms with E-state index in [-0.39, 0.29) is 0 Å². The Morgan fingerprint density at radius 1 is 1.25 bits per heavy atom. The van der Waals surface area contributed by atoms with Crippen molar-refractivity contribution < 1.29 is 9.13 Å².